The molecule has 2 N–H and O–H groups in total. The van der Waals surface area contributed by atoms with Crippen LogP contribution in [-0.4, -0.2) is 42.5 Å². The van der Waals surface area contributed by atoms with Crippen LogP contribution in [0.2, 0.25) is 0 Å². The van der Waals surface area contributed by atoms with Crippen LogP contribution in [0.15, 0.2) is 60.7 Å². The van der Waals surface area contributed by atoms with Gasteiger partial charge in [-0.2, -0.15) is 5.26 Å². The third-order valence-corrected chi connectivity index (χ3v) is 5.80. The number of hydrogen-bond donors (Lipinski definition) is 2. The standard InChI is InChI=1S/C29H34N2O4/c1-4-34-28(33)14-11-21-9-13-25(18-30)27(16-21)35-20-26(32)19-31-29(2,3)17-22-10-12-23-7-5-6-8-24(23)15-22/h5-10,12-13,15-16,26,31-32H,4,11,14,17,19-20H2,1-3H3. The number of aliphatic hydroxyl groups is 1. The smallest absolute Gasteiger partial charge is 0.306 e. The van der Waals surface area contributed by atoms with E-state index in [1.165, 1.54) is 16.3 Å². The molecule has 3 aromatic rings. The third-order valence-electron chi connectivity index (χ3n) is 5.80. The minimum atomic E-state index is -0.749. The van der Waals surface area contributed by atoms with Gasteiger partial charge in [0.25, 0.3) is 0 Å². The molecule has 0 radical (unpaired) electrons. The zero-order chi connectivity index (χ0) is 25.3. The van der Waals surface area contributed by atoms with Crippen molar-refractivity contribution in [3.05, 3.63) is 77.4 Å². The molecule has 35 heavy (non-hydrogen) atoms. The van der Waals surface area contributed by atoms with Crippen molar-refractivity contribution in [3.8, 4) is 11.8 Å². The number of β-amino-alcohol motifs (C(OH)–C–C–N with tert-alkyl or cyclic N) is 1. The van der Waals surface area contributed by atoms with Gasteiger partial charge in [0.15, 0.2) is 0 Å². The second-order valence-electron chi connectivity index (χ2n) is 9.34. The Morgan fingerprint density at radius 3 is 2.57 bits per heavy atom. The second kappa shape index (κ2) is 12.3. The molecule has 3 rings (SSSR count). The van der Waals surface area contributed by atoms with Gasteiger partial charge in [0.1, 0.15) is 24.5 Å². The fourth-order valence-electron chi connectivity index (χ4n) is 3.97. The molecule has 0 aliphatic heterocycles. The SMILES string of the molecule is CCOC(=O)CCc1ccc(C#N)c(OCC(O)CNC(C)(C)Cc2ccc3ccccc3c2)c1. The molecule has 0 aliphatic carbocycles. The number of nitriles is 1. The lowest BCUT2D eigenvalue weighted by Gasteiger charge is -2.28. The van der Waals surface area contributed by atoms with Gasteiger partial charge < -0.3 is 19.9 Å². The number of nitrogens with one attached hydrogen (secondary N) is 1. The Kier molecular flexibility index (Phi) is 9.25. The summed E-state index contributed by atoms with van der Waals surface area (Å²) in [4.78, 5) is 11.6. The van der Waals surface area contributed by atoms with Crippen molar-refractivity contribution in [1.29, 1.82) is 5.26 Å². The summed E-state index contributed by atoms with van der Waals surface area (Å²) in [6.45, 7) is 6.75. The summed E-state index contributed by atoms with van der Waals surface area (Å²) in [7, 11) is 0. The van der Waals surface area contributed by atoms with Crippen LogP contribution in [0.3, 0.4) is 0 Å². The summed E-state index contributed by atoms with van der Waals surface area (Å²) in [5, 5.41) is 25.8. The molecule has 6 nitrogen and oxygen atoms in total. The van der Waals surface area contributed by atoms with E-state index >= 15 is 0 Å². The monoisotopic (exact) mass is 474 g/mol. The largest absolute Gasteiger partial charge is 0.489 e. The van der Waals surface area contributed by atoms with Gasteiger partial charge in [-0.05, 0) is 67.6 Å². The number of aliphatic hydroxyl groups excluding tert-OH is 1. The first-order chi connectivity index (χ1) is 16.8. The molecule has 0 aliphatic rings. The van der Waals surface area contributed by atoms with Crippen molar-refractivity contribution >= 4 is 16.7 Å². The van der Waals surface area contributed by atoms with Crippen LogP contribution in [0.25, 0.3) is 10.8 Å². The number of aryl methyl sites for hydroxylation is 1. The van der Waals surface area contributed by atoms with Crippen LogP contribution < -0.4 is 10.1 Å². The third kappa shape index (κ3) is 8.10. The molecule has 0 spiro atoms. The number of nitrogens with zero attached hydrogens (tertiary/aromatic N) is 1. The van der Waals surface area contributed by atoms with Crippen LogP contribution in [0.5, 0.6) is 5.75 Å². The number of rotatable bonds is 12. The maximum Gasteiger partial charge on any atom is 0.306 e. The molecule has 3 aromatic carbocycles. The summed E-state index contributed by atoms with van der Waals surface area (Å²) in [6.07, 6.45) is 0.819. The molecule has 0 saturated carbocycles. The summed E-state index contributed by atoms with van der Waals surface area (Å²) in [5.41, 5.74) is 2.26. The van der Waals surface area contributed by atoms with Crippen LogP contribution in [0.1, 0.15) is 43.9 Å². The van der Waals surface area contributed by atoms with Crippen LogP contribution in [0.4, 0.5) is 0 Å². The molecule has 6 heteroatoms. The lowest BCUT2D eigenvalue weighted by Crippen LogP contribution is -2.46. The number of benzene rings is 3. The fraction of sp³-hybridized carbons (Fsp3) is 0.379. The summed E-state index contributed by atoms with van der Waals surface area (Å²) >= 11 is 0. The van der Waals surface area contributed by atoms with E-state index in [4.69, 9.17) is 9.47 Å². The molecular weight excluding hydrogens is 440 g/mol. The molecule has 0 heterocycles. The highest BCUT2D eigenvalue weighted by Gasteiger charge is 2.20. The van der Waals surface area contributed by atoms with Crippen molar-refractivity contribution in [2.75, 3.05) is 19.8 Å². The van der Waals surface area contributed by atoms with Crippen LogP contribution in [-0.2, 0) is 22.4 Å². The van der Waals surface area contributed by atoms with E-state index in [1.54, 1.807) is 25.1 Å². The van der Waals surface area contributed by atoms with Crippen molar-refractivity contribution in [3.63, 3.8) is 0 Å². The van der Waals surface area contributed by atoms with Gasteiger partial charge >= 0.3 is 5.97 Å². The van der Waals surface area contributed by atoms with Crippen molar-refractivity contribution in [2.45, 2.75) is 51.7 Å². The second-order valence-corrected chi connectivity index (χ2v) is 9.34. The summed E-state index contributed by atoms with van der Waals surface area (Å²) < 4.78 is 10.8. The predicted molar refractivity (Wildman–Crippen MR) is 137 cm³/mol. The highest BCUT2D eigenvalue weighted by Crippen LogP contribution is 2.22. The van der Waals surface area contributed by atoms with Gasteiger partial charge in [0.05, 0.1) is 12.2 Å². The number of fused-ring (bicyclic) bond motifs is 1. The van der Waals surface area contributed by atoms with Crippen LogP contribution in [0, 0.1) is 11.3 Å². The molecule has 0 aromatic heterocycles. The summed E-state index contributed by atoms with van der Waals surface area (Å²) in [6, 6.07) is 22.1. The summed E-state index contributed by atoms with van der Waals surface area (Å²) in [5.74, 6) is 0.149. The van der Waals surface area contributed by atoms with E-state index in [0.717, 1.165) is 12.0 Å². The Labute approximate surface area is 207 Å². The minimum absolute atomic E-state index is 0.0507. The Hall–Kier alpha value is -3.40. The van der Waals surface area contributed by atoms with E-state index in [2.05, 4.69) is 55.6 Å². The molecule has 0 amide bonds. The quantitative estimate of drug-likeness (QED) is 0.374. The Balaban J connectivity index is 1.52. The molecular formula is C29H34N2O4. The molecule has 0 bridgehead atoms. The van der Waals surface area contributed by atoms with Crippen molar-refractivity contribution in [2.24, 2.45) is 0 Å². The first kappa shape index (κ1) is 26.2. The molecule has 1 atom stereocenters. The average Bonchev–Trinajstić information content (AvgIpc) is 2.85. The van der Waals surface area contributed by atoms with E-state index in [0.29, 0.717) is 30.9 Å². The van der Waals surface area contributed by atoms with Gasteiger partial charge in [-0.3, -0.25) is 4.79 Å². The first-order valence-corrected chi connectivity index (χ1v) is 12.0. The van der Waals surface area contributed by atoms with Gasteiger partial charge in [-0.25, -0.2) is 0 Å². The van der Waals surface area contributed by atoms with Gasteiger partial charge in [-0.1, -0.05) is 48.5 Å². The first-order valence-electron chi connectivity index (χ1n) is 12.0. The molecule has 0 fully saturated rings. The highest BCUT2D eigenvalue weighted by atomic mass is 16.5. The number of carbonyl (C=O) groups excluding carboxylic acids is 1. The van der Waals surface area contributed by atoms with Gasteiger partial charge in [0.2, 0.25) is 0 Å². The van der Waals surface area contributed by atoms with Crippen LogP contribution >= 0.6 is 0 Å². The van der Waals surface area contributed by atoms with E-state index in [9.17, 15) is 15.2 Å². The van der Waals surface area contributed by atoms with E-state index < -0.39 is 6.10 Å². The topological polar surface area (TPSA) is 91.6 Å². The van der Waals surface area contributed by atoms with E-state index in [-0.39, 0.29) is 24.5 Å². The molecule has 1 unspecified atom stereocenters. The zero-order valence-corrected chi connectivity index (χ0v) is 20.7. The average molecular weight is 475 g/mol. The maximum absolute atomic E-state index is 11.6. The zero-order valence-electron chi connectivity index (χ0n) is 20.7. The molecule has 0 saturated heterocycles. The lowest BCUT2D eigenvalue weighted by atomic mass is 9.93. The minimum Gasteiger partial charge on any atom is -0.489 e. The lowest BCUT2D eigenvalue weighted by molar-refractivity contribution is -0.143. The normalized spacial score (nSPS) is 12.2. The van der Waals surface area contributed by atoms with Gasteiger partial charge in [-0.15, -0.1) is 0 Å². The van der Waals surface area contributed by atoms with Gasteiger partial charge in [0, 0.05) is 18.5 Å². The van der Waals surface area contributed by atoms with Crippen molar-refractivity contribution in [1.82, 2.24) is 5.32 Å². The number of esters is 1. The van der Waals surface area contributed by atoms with Crippen molar-refractivity contribution < 1.29 is 19.4 Å². The number of carbonyl (C=O) groups is 1. The predicted octanol–water partition coefficient (Wildman–Crippen LogP) is 4.56. The maximum atomic E-state index is 11.6. The molecule has 184 valence electrons. The van der Waals surface area contributed by atoms with E-state index in [1.807, 2.05) is 12.1 Å². The Morgan fingerprint density at radius 2 is 1.83 bits per heavy atom. The fourth-order valence-corrected chi connectivity index (χ4v) is 3.97. The highest BCUT2D eigenvalue weighted by molar-refractivity contribution is 5.83. The number of ether oxygens (including phenoxy) is 2. The Morgan fingerprint density at radius 1 is 1.09 bits per heavy atom. The Bertz CT molecular complexity index is 1180. The number of hydrogen-bond acceptors (Lipinski definition) is 6.